The van der Waals surface area contributed by atoms with Gasteiger partial charge in [0.2, 0.25) is 0 Å². The third-order valence-corrected chi connectivity index (χ3v) is 3.35. The number of nitrogens with two attached hydrogens (primary N) is 1. The molecule has 2 aromatic rings. The van der Waals surface area contributed by atoms with Crippen LogP contribution in [-0.4, -0.2) is 19.1 Å². The van der Waals surface area contributed by atoms with Crippen LogP contribution in [0.1, 0.15) is 18.1 Å². The van der Waals surface area contributed by atoms with E-state index in [0.29, 0.717) is 18.1 Å². The van der Waals surface area contributed by atoms with E-state index < -0.39 is 17.6 Å². The lowest BCUT2D eigenvalue weighted by atomic mass is 10.1. The monoisotopic (exact) mass is 404 g/mol. The van der Waals surface area contributed by atoms with Gasteiger partial charge in [0, 0.05) is 12.2 Å². The maximum atomic E-state index is 12.9. The van der Waals surface area contributed by atoms with Gasteiger partial charge in [-0.2, -0.15) is 13.2 Å². The first-order valence-corrected chi connectivity index (χ1v) is 7.89. The molecule has 1 amide bonds. The molecule has 0 aliphatic carbocycles. The first-order valence-electron chi connectivity index (χ1n) is 7.89. The van der Waals surface area contributed by atoms with E-state index in [1.807, 2.05) is 6.92 Å². The second kappa shape index (κ2) is 10.0. The molecule has 0 aliphatic heterocycles. The molecule has 0 atom stereocenters. The van der Waals surface area contributed by atoms with E-state index in [2.05, 4.69) is 5.32 Å². The van der Waals surface area contributed by atoms with Gasteiger partial charge in [0.25, 0.3) is 5.91 Å². The van der Waals surface area contributed by atoms with Crippen LogP contribution < -0.4 is 20.5 Å². The molecule has 0 fully saturated rings. The van der Waals surface area contributed by atoms with Crippen molar-refractivity contribution in [2.75, 3.05) is 18.5 Å². The zero-order valence-corrected chi connectivity index (χ0v) is 15.3. The molecule has 2 rings (SSSR count). The largest absolute Gasteiger partial charge is 0.490 e. The molecule has 0 saturated heterocycles. The summed E-state index contributed by atoms with van der Waals surface area (Å²) < 4.78 is 49.5. The van der Waals surface area contributed by atoms with Gasteiger partial charge in [-0.25, -0.2) is 0 Å². The predicted octanol–water partition coefficient (Wildman–Crippen LogP) is 4.00. The number of ether oxygens (including phenoxy) is 2. The summed E-state index contributed by atoms with van der Waals surface area (Å²) in [4.78, 5) is 12.0. The van der Waals surface area contributed by atoms with E-state index in [1.54, 1.807) is 24.3 Å². The zero-order chi connectivity index (χ0) is 19.2. The van der Waals surface area contributed by atoms with Crippen LogP contribution in [0.25, 0.3) is 0 Å². The summed E-state index contributed by atoms with van der Waals surface area (Å²) in [5, 5.41) is 2.39. The Morgan fingerprint density at radius 1 is 1.11 bits per heavy atom. The number of rotatable bonds is 7. The third-order valence-electron chi connectivity index (χ3n) is 3.35. The Bertz CT molecular complexity index is 770. The molecule has 27 heavy (non-hydrogen) atoms. The molecule has 0 bridgehead atoms. The van der Waals surface area contributed by atoms with Crippen LogP contribution in [0.2, 0.25) is 0 Å². The highest BCUT2D eigenvalue weighted by atomic mass is 35.5. The van der Waals surface area contributed by atoms with Crippen molar-refractivity contribution in [3.05, 3.63) is 53.6 Å². The number of anilines is 1. The lowest BCUT2D eigenvalue weighted by molar-refractivity contribution is -0.137. The molecule has 9 heteroatoms. The molecule has 0 unspecified atom stereocenters. The second-order valence-electron chi connectivity index (χ2n) is 5.34. The standard InChI is InChI=1S/C18H19F3N2O3.ClH/c1-2-25-15-5-3-4-6-16(15)26-11-17(24)23-14-8-12(10-22)7-13(9-14)18(19,20)21;/h3-9H,2,10-11,22H2,1H3,(H,23,24);1H. The molecular weight excluding hydrogens is 385 g/mol. The van der Waals surface area contributed by atoms with Gasteiger partial charge in [-0.05, 0) is 42.8 Å². The van der Waals surface area contributed by atoms with Crippen molar-refractivity contribution in [2.24, 2.45) is 5.73 Å². The molecule has 0 radical (unpaired) electrons. The van der Waals surface area contributed by atoms with E-state index in [-0.39, 0.29) is 36.8 Å². The van der Waals surface area contributed by atoms with Crippen LogP contribution >= 0.6 is 12.4 Å². The first kappa shape index (κ1) is 22.6. The van der Waals surface area contributed by atoms with Crippen molar-refractivity contribution in [1.82, 2.24) is 0 Å². The van der Waals surface area contributed by atoms with E-state index in [0.717, 1.165) is 12.1 Å². The van der Waals surface area contributed by atoms with Gasteiger partial charge in [0.15, 0.2) is 18.1 Å². The molecule has 0 heterocycles. The molecule has 2 aromatic carbocycles. The summed E-state index contributed by atoms with van der Waals surface area (Å²) in [6.45, 7) is 1.79. The number of benzene rings is 2. The lowest BCUT2D eigenvalue weighted by Gasteiger charge is -2.14. The minimum absolute atomic E-state index is 0. The van der Waals surface area contributed by atoms with Crippen LogP contribution in [0.4, 0.5) is 18.9 Å². The fourth-order valence-corrected chi connectivity index (χ4v) is 2.23. The Hall–Kier alpha value is -2.45. The highest BCUT2D eigenvalue weighted by Crippen LogP contribution is 2.32. The summed E-state index contributed by atoms with van der Waals surface area (Å²) in [6.07, 6.45) is -4.53. The van der Waals surface area contributed by atoms with Crippen molar-refractivity contribution in [2.45, 2.75) is 19.6 Å². The molecular formula is C18H20ClF3N2O3. The minimum atomic E-state index is -4.53. The Kier molecular flexibility index (Phi) is 8.39. The van der Waals surface area contributed by atoms with Crippen molar-refractivity contribution < 1.29 is 27.4 Å². The number of carbonyl (C=O) groups excluding carboxylic acids is 1. The van der Waals surface area contributed by atoms with E-state index in [9.17, 15) is 18.0 Å². The van der Waals surface area contributed by atoms with E-state index >= 15 is 0 Å². The van der Waals surface area contributed by atoms with Gasteiger partial charge in [0.1, 0.15) is 0 Å². The number of nitrogens with one attached hydrogen (secondary N) is 1. The molecule has 0 spiro atoms. The Morgan fingerprint density at radius 2 is 1.74 bits per heavy atom. The van der Waals surface area contributed by atoms with Gasteiger partial charge in [-0.1, -0.05) is 12.1 Å². The summed E-state index contributed by atoms with van der Waals surface area (Å²) in [6, 6.07) is 9.99. The van der Waals surface area contributed by atoms with Crippen LogP contribution in [0.5, 0.6) is 11.5 Å². The topological polar surface area (TPSA) is 73.6 Å². The third kappa shape index (κ3) is 6.65. The number of amides is 1. The quantitative estimate of drug-likeness (QED) is 0.731. The number of hydrogen-bond acceptors (Lipinski definition) is 4. The van der Waals surface area contributed by atoms with Crippen molar-refractivity contribution in [3.63, 3.8) is 0 Å². The maximum absolute atomic E-state index is 12.9. The zero-order valence-electron chi connectivity index (χ0n) is 14.5. The molecule has 3 N–H and O–H groups in total. The van der Waals surface area contributed by atoms with E-state index in [4.69, 9.17) is 15.2 Å². The van der Waals surface area contributed by atoms with Gasteiger partial charge < -0.3 is 20.5 Å². The Balaban J connectivity index is 0.00000364. The summed E-state index contributed by atoms with van der Waals surface area (Å²) in [7, 11) is 0. The normalized spacial score (nSPS) is 10.7. The second-order valence-corrected chi connectivity index (χ2v) is 5.34. The predicted molar refractivity (Wildman–Crippen MR) is 98.3 cm³/mol. The number of halogens is 4. The number of hydrogen-bond donors (Lipinski definition) is 2. The number of para-hydroxylation sites is 2. The van der Waals surface area contributed by atoms with Crippen LogP contribution in [-0.2, 0) is 17.5 Å². The highest BCUT2D eigenvalue weighted by Gasteiger charge is 2.31. The molecule has 5 nitrogen and oxygen atoms in total. The van der Waals surface area contributed by atoms with Crippen molar-refractivity contribution in [3.8, 4) is 11.5 Å². The molecule has 0 aromatic heterocycles. The van der Waals surface area contributed by atoms with Gasteiger partial charge in [-0.3, -0.25) is 4.79 Å². The first-order chi connectivity index (χ1) is 12.3. The van der Waals surface area contributed by atoms with Gasteiger partial charge >= 0.3 is 6.18 Å². The Morgan fingerprint density at radius 3 is 2.30 bits per heavy atom. The fraction of sp³-hybridized carbons (Fsp3) is 0.278. The van der Waals surface area contributed by atoms with Crippen LogP contribution in [0, 0.1) is 0 Å². The van der Waals surface area contributed by atoms with Gasteiger partial charge in [-0.15, -0.1) is 12.4 Å². The van der Waals surface area contributed by atoms with E-state index in [1.165, 1.54) is 6.07 Å². The van der Waals surface area contributed by atoms with Gasteiger partial charge in [0.05, 0.1) is 12.2 Å². The SMILES string of the molecule is CCOc1ccccc1OCC(=O)Nc1cc(CN)cc(C(F)(F)F)c1.Cl. The summed E-state index contributed by atoms with van der Waals surface area (Å²) in [5.74, 6) is 0.252. The summed E-state index contributed by atoms with van der Waals surface area (Å²) >= 11 is 0. The summed E-state index contributed by atoms with van der Waals surface area (Å²) in [5.41, 5.74) is 4.81. The molecule has 0 aliphatic rings. The average molecular weight is 405 g/mol. The molecule has 0 saturated carbocycles. The minimum Gasteiger partial charge on any atom is -0.490 e. The number of carbonyl (C=O) groups is 1. The Labute approximate surface area is 161 Å². The smallest absolute Gasteiger partial charge is 0.416 e. The fourth-order valence-electron chi connectivity index (χ4n) is 2.23. The van der Waals surface area contributed by atoms with Crippen molar-refractivity contribution >= 4 is 24.0 Å². The van der Waals surface area contributed by atoms with Crippen LogP contribution in [0.15, 0.2) is 42.5 Å². The van der Waals surface area contributed by atoms with Crippen LogP contribution in [0.3, 0.4) is 0 Å². The molecule has 148 valence electrons. The van der Waals surface area contributed by atoms with Crippen molar-refractivity contribution in [1.29, 1.82) is 0 Å². The highest BCUT2D eigenvalue weighted by molar-refractivity contribution is 5.92. The number of alkyl halides is 3. The maximum Gasteiger partial charge on any atom is 0.416 e. The average Bonchev–Trinajstić information content (AvgIpc) is 2.60. The lowest BCUT2D eigenvalue weighted by Crippen LogP contribution is -2.21.